The monoisotopic (exact) mass is 164 g/mol. The summed E-state index contributed by atoms with van der Waals surface area (Å²) < 4.78 is 1.77. The molecule has 0 fully saturated rings. The van der Waals surface area contributed by atoms with E-state index in [-0.39, 0.29) is 5.56 Å². The topological polar surface area (TPSA) is 72.9 Å². The summed E-state index contributed by atoms with van der Waals surface area (Å²) in [5, 5.41) is 2.89. The van der Waals surface area contributed by atoms with Crippen LogP contribution in [-0.4, -0.2) is 9.55 Å². The van der Waals surface area contributed by atoms with Crippen molar-refractivity contribution in [1.82, 2.24) is 9.55 Å². The van der Waals surface area contributed by atoms with Gasteiger partial charge in [0.25, 0.3) is 5.56 Å². The van der Waals surface area contributed by atoms with Crippen LogP contribution < -0.4 is 16.6 Å². The number of hydrogen-bond acceptors (Lipinski definition) is 4. The Balaban J connectivity index is 2.50. The van der Waals surface area contributed by atoms with E-state index in [1.54, 1.807) is 10.8 Å². The van der Waals surface area contributed by atoms with Crippen molar-refractivity contribution in [3.05, 3.63) is 34.6 Å². The van der Waals surface area contributed by atoms with E-state index in [1.807, 2.05) is 0 Å². The molecule has 1 aromatic heterocycles. The Morgan fingerprint density at radius 1 is 1.67 bits per heavy atom. The molecule has 1 aliphatic rings. The van der Waals surface area contributed by atoms with Crippen LogP contribution in [0.4, 0.5) is 5.82 Å². The van der Waals surface area contributed by atoms with Gasteiger partial charge in [0, 0.05) is 18.0 Å². The van der Waals surface area contributed by atoms with Gasteiger partial charge in [-0.1, -0.05) is 0 Å². The Hall–Kier alpha value is -1.78. The van der Waals surface area contributed by atoms with Gasteiger partial charge in [-0.2, -0.15) is 4.98 Å². The number of rotatable bonds is 0. The summed E-state index contributed by atoms with van der Waals surface area (Å²) >= 11 is 0. The number of allylic oxidation sites excluding steroid dienone is 1. The average molecular weight is 164 g/mol. The molecule has 2 heterocycles. The van der Waals surface area contributed by atoms with E-state index in [2.05, 4.69) is 10.3 Å². The Labute approximate surface area is 68.5 Å². The highest BCUT2D eigenvalue weighted by Crippen LogP contribution is 2.09. The molecule has 0 unspecified atom stereocenters. The second-order valence-corrected chi connectivity index (χ2v) is 2.60. The minimum Gasteiger partial charge on any atom is -0.399 e. The van der Waals surface area contributed by atoms with Gasteiger partial charge in [0.05, 0.1) is 6.54 Å². The summed E-state index contributed by atoms with van der Waals surface area (Å²) in [6.07, 6.45) is 3.15. The zero-order chi connectivity index (χ0) is 8.55. The van der Waals surface area contributed by atoms with Gasteiger partial charge in [-0.25, -0.2) is 0 Å². The Bertz CT molecular complexity index is 393. The van der Waals surface area contributed by atoms with Crippen molar-refractivity contribution in [3.63, 3.8) is 0 Å². The second-order valence-electron chi connectivity index (χ2n) is 2.60. The average Bonchev–Trinajstić information content (AvgIpc) is 2.05. The Morgan fingerprint density at radius 3 is 3.33 bits per heavy atom. The normalized spacial score (nSPS) is 14.5. The lowest BCUT2D eigenvalue weighted by Crippen LogP contribution is -2.21. The third-order valence-electron chi connectivity index (χ3n) is 1.65. The molecule has 0 amide bonds. The lowest BCUT2D eigenvalue weighted by molar-refractivity contribution is 0.734. The standard InChI is InChI=1S/C7H8N4O/c8-5-2-9-6-1-7(12)10-4-11(6)3-5/h1-2,4,9H,3,8H2. The van der Waals surface area contributed by atoms with Gasteiger partial charge in [0.15, 0.2) is 0 Å². The molecule has 0 atom stereocenters. The molecule has 5 heteroatoms. The fourth-order valence-electron chi connectivity index (χ4n) is 1.09. The van der Waals surface area contributed by atoms with Crippen molar-refractivity contribution in [1.29, 1.82) is 0 Å². The molecule has 0 saturated carbocycles. The molecule has 0 spiro atoms. The summed E-state index contributed by atoms with van der Waals surface area (Å²) in [6.45, 7) is 0.579. The third-order valence-corrected chi connectivity index (χ3v) is 1.65. The van der Waals surface area contributed by atoms with Crippen molar-refractivity contribution >= 4 is 5.82 Å². The molecule has 5 nitrogen and oxygen atoms in total. The highest BCUT2D eigenvalue weighted by atomic mass is 16.1. The van der Waals surface area contributed by atoms with Gasteiger partial charge in [-0.3, -0.25) is 4.79 Å². The van der Waals surface area contributed by atoms with Crippen LogP contribution in [0.5, 0.6) is 0 Å². The van der Waals surface area contributed by atoms with Gasteiger partial charge in [0.1, 0.15) is 12.1 Å². The first-order chi connectivity index (χ1) is 5.75. The van der Waals surface area contributed by atoms with Crippen LogP contribution in [-0.2, 0) is 6.54 Å². The first-order valence-electron chi connectivity index (χ1n) is 3.53. The van der Waals surface area contributed by atoms with Gasteiger partial charge in [-0.05, 0) is 0 Å². The maximum absolute atomic E-state index is 10.8. The largest absolute Gasteiger partial charge is 0.399 e. The Morgan fingerprint density at radius 2 is 2.50 bits per heavy atom. The lowest BCUT2D eigenvalue weighted by Gasteiger charge is -2.17. The fraction of sp³-hybridized carbons (Fsp3) is 0.143. The number of anilines is 1. The molecule has 0 bridgehead atoms. The molecule has 1 aromatic rings. The van der Waals surface area contributed by atoms with E-state index in [4.69, 9.17) is 5.73 Å². The molecule has 3 N–H and O–H groups in total. The summed E-state index contributed by atoms with van der Waals surface area (Å²) in [6, 6.07) is 1.43. The minimum atomic E-state index is -0.248. The third kappa shape index (κ3) is 1.05. The summed E-state index contributed by atoms with van der Waals surface area (Å²) in [5.41, 5.74) is 6.03. The van der Waals surface area contributed by atoms with E-state index in [1.165, 1.54) is 12.4 Å². The molecule has 62 valence electrons. The van der Waals surface area contributed by atoms with E-state index in [0.717, 1.165) is 5.82 Å². The number of nitrogens with one attached hydrogen (secondary N) is 1. The fourth-order valence-corrected chi connectivity index (χ4v) is 1.09. The van der Waals surface area contributed by atoms with E-state index in [9.17, 15) is 4.79 Å². The molecular weight excluding hydrogens is 156 g/mol. The number of nitrogens with zero attached hydrogens (tertiary/aromatic N) is 2. The smallest absolute Gasteiger partial charge is 0.274 e. The summed E-state index contributed by atoms with van der Waals surface area (Å²) in [5.74, 6) is 0.726. The van der Waals surface area contributed by atoms with Crippen molar-refractivity contribution < 1.29 is 0 Å². The first-order valence-corrected chi connectivity index (χ1v) is 3.53. The lowest BCUT2D eigenvalue weighted by atomic mass is 10.4. The Kier molecular flexibility index (Phi) is 1.36. The highest BCUT2D eigenvalue weighted by Gasteiger charge is 2.05. The van der Waals surface area contributed by atoms with Gasteiger partial charge in [-0.15, -0.1) is 0 Å². The maximum atomic E-state index is 10.8. The molecule has 0 radical (unpaired) electrons. The van der Waals surface area contributed by atoms with Gasteiger partial charge < -0.3 is 15.6 Å². The number of hydrogen-bond donors (Lipinski definition) is 2. The van der Waals surface area contributed by atoms with Crippen LogP contribution in [0.3, 0.4) is 0 Å². The van der Waals surface area contributed by atoms with Gasteiger partial charge >= 0.3 is 0 Å². The van der Waals surface area contributed by atoms with Crippen LogP contribution in [0.2, 0.25) is 0 Å². The second kappa shape index (κ2) is 2.37. The number of nitrogens with two attached hydrogens (primary N) is 1. The van der Waals surface area contributed by atoms with Crippen LogP contribution >= 0.6 is 0 Å². The van der Waals surface area contributed by atoms with Gasteiger partial charge in [0.2, 0.25) is 0 Å². The van der Waals surface area contributed by atoms with Crippen LogP contribution in [0.15, 0.2) is 29.1 Å². The molecule has 2 rings (SSSR count). The van der Waals surface area contributed by atoms with Crippen molar-refractivity contribution in [2.24, 2.45) is 5.73 Å². The number of aromatic nitrogens is 2. The molecular formula is C7H8N4O. The predicted molar refractivity (Wildman–Crippen MR) is 44.4 cm³/mol. The van der Waals surface area contributed by atoms with Crippen LogP contribution in [0, 0.1) is 0 Å². The van der Waals surface area contributed by atoms with Crippen molar-refractivity contribution in [2.75, 3.05) is 5.32 Å². The first kappa shape index (κ1) is 6.90. The quantitative estimate of drug-likeness (QED) is 0.540. The predicted octanol–water partition coefficient (Wildman–Crippen LogP) is -0.531. The molecule has 1 aliphatic heterocycles. The van der Waals surface area contributed by atoms with Crippen molar-refractivity contribution in [3.8, 4) is 0 Å². The molecule has 0 aliphatic carbocycles. The summed E-state index contributed by atoms with van der Waals surface area (Å²) in [7, 11) is 0. The maximum Gasteiger partial charge on any atom is 0.274 e. The molecule has 0 saturated heterocycles. The molecule has 0 aromatic carbocycles. The number of fused-ring (bicyclic) bond motifs is 1. The van der Waals surface area contributed by atoms with Crippen molar-refractivity contribution in [2.45, 2.75) is 6.54 Å². The van der Waals surface area contributed by atoms with Crippen LogP contribution in [0.1, 0.15) is 0 Å². The summed E-state index contributed by atoms with van der Waals surface area (Å²) in [4.78, 5) is 14.4. The highest BCUT2D eigenvalue weighted by molar-refractivity contribution is 5.40. The van der Waals surface area contributed by atoms with Crippen LogP contribution in [0.25, 0.3) is 0 Å². The van der Waals surface area contributed by atoms with E-state index in [0.29, 0.717) is 12.2 Å². The van der Waals surface area contributed by atoms with E-state index < -0.39 is 0 Å². The SMILES string of the molecule is NC1=CNc2cc(=O)ncn2C1. The van der Waals surface area contributed by atoms with E-state index >= 15 is 0 Å². The zero-order valence-electron chi connectivity index (χ0n) is 6.32. The molecule has 12 heavy (non-hydrogen) atoms. The zero-order valence-corrected chi connectivity index (χ0v) is 6.32. The minimum absolute atomic E-state index is 0.248.